The van der Waals surface area contributed by atoms with Gasteiger partial charge < -0.3 is 10.1 Å². The first-order valence-corrected chi connectivity index (χ1v) is 11.4. The molecule has 9 heteroatoms. The Bertz CT molecular complexity index is 1250. The van der Waals surface area contributed by atoms with Crippen molar-refractivity contribution in [2.75, 3.05) is 11.8 Å². The number of carbonyl (C=O) groups is 2. The molecule has 0 heterocycles. The van der Waals surface area contributed by atoms with Crippen molar-refractivity contribution in [2.24, 2.45) is 0 Å². The summed E-state index contributed by atoms with van der Waals surface area (Å²) < 4.78 is 33.0. The third-order valence-corrected chi connectivity index (χ3v) is 6.41. The molecule has 32 heavy (non-hydrogen) atoms. The van der Waals surface area contributed by atoms with Crippen LogP contribution < -0.4 is 10.0 Å². The Balaban J connectivity index is 1.87. The maximum absolute atomic E-state index is 13.0. The number of benzene rings is 3. The third-order valence-electron chi connectivity index (χ3n) is 4.72. The molecule has 0 spiro atoms. The van der Waals surface area contributed by atoms with Crippen molar-refractivity contribution in [3.8, 4) is 0 Å². The van der Waals surface area contributed by atoms with Crippen LogP contribution in [0.5, 0.6) is 0 Å². The van der Waals surface area contributed by atoms with E-state index in [2.05, 4.69) is 14.8 Å². The van der Waals surface area contributed by atoms with Crippen molar-refractivity contribution in [3.63, 3.8) is 0 Å². The predicted molar refractivity (Wildman–Crippen MR) is 122 cm³/mol. The monoisotopic (exact) mass is 472 g/mol. The number of ether oxygens (including phenoxy) is 1. The summed E-state index contributed by atoms with van der Waals surface area (Å²) in [5.74, 6) is -1.20. The molecule has 0 saturated heterocycles. The molecule has 0 fully saturated rings. The molecule has 0 aliphatic heterocycles. The highest BCUT2D eigenvalue weighted by Gasteiger charge is 2.22. The second-order valence-corrected chi connectivity index (χ2v) is 8.98. The van der Waals surface area contributed by atoms with Crippen molar-refractivity contribution in [1.29, 1.82) is 0 Å². The zero-order valence-electron chi connectivity index (χ0n) is 17.3. The van der Waals surface area contributed by atoms with Crippen molar-refractivity contribution in [2.45, 2.75) is 17.9 Å². The molecule has 0 aliphatic carbocycles. The molecule has 3 rings (SSSR count). The lowest BCUT2D eigenvalue weighted by molar-refractivity contribution is 0.0600. The molecule has 0 aromatic heterocycles. The minimum absolute atomic E-state index is 0.0606. The van der Waals surface area contributed by atoms with E-state index in [1.165, 1.54) is 31.4 Å². The van der Waals surface area contributed by atoms with Gasteiger partial charge in [-0.2, -0.15) is 0 Å². The van der Waals surface area contributed by atoms with E-state index < -0.39 is 21.9 Å². The molecule has 0 aliphatic rings. The molecule has 3 aromatic rings. The maximum atomic E-state index is 13.0. The van der Waals surface area contributed by atoms with Gasteiger partial charge >= 0.3 is 5.97 Å². The van der Waals surface area contributed by atoms with Gasteiger partial charge in [-0.05, 0) is 42.8 Å². The summed E-state index contributed by atoms with van der Waals surface area (Å²) in [7, 11) is -2.96. The lowest BCUT2D eigenvalue weighted by atomic mass is 10.1. The minimum atomic E-state index is -4.13. The van der Waals surface area contributed by atoms with Crippen molar-refractivity contribution >= 4 is 39.2 Å². The molecule has 3 aromatic carbocycles. The largest absolute Gasteiger partial charge is 0.465 e. The Kier molecular flexibility index (Phi) is 7.17. The van der Waals surface area contributed by atoms with Gasteiger partial charge in [0.15, 0.2) is 0 Å². The summed E-state index contributed by atoms with van der Waals surface area (Å²) in [5, 5.41) is 2.93. The van der Waals surface area contributed by atoms with Gasteiger partial charge in [-0.15, -0.1) is 0 Å². The number of sulfonamides is 1. The van der Waals surface area contributed by atoms with Crippen LogP contribution in [0.3, 0.4) is 0 Å². The fourth-order valence-electron chi connectivity index (χ4n) is 3.01. The second kappa shape index (κ2) is 9.84. The lowest BCUT2D eigenvalue weighted by Crippen LogP contribution is -2.28. The lowest BCUT2D eigenvalue weighted by Gasteiger charge is -2.17. The van der Waals surface area contributed by atoms with E-state index in [1.54, 1.807) is 12.1 Å². The standard InChI is InChI=1S/C23H21ClN2O5S/c1-15(16-8-4-3-5-9-16)25-22(27)18-10-6-7-11-21(18)26-32(29,30)17-12-13-20(24)19(14-17)23(28)31-2/h3-15,26H,1-2H3,(H,25,27)/t15-/m1/s1. The number of esters is 1. The van der Waals surface area contributed by atoms with E-state index in [0.29, 0.717) is 0 Å². The van der Waals surface area contributed by atoms with Crippen LogP contribution in [-0.2, 0) is 14.8 Å². The number of halogens is 1. The van der Waals surface area contributed by atoms with Crippen LogP contribution in [0.4, 0.5) is 5.69 Å². The normalized spacial score (nSPS) is 12.0. The Morgan fingerprint density at radius 2 is 1.59 bits per heavy atom. The van der Waals surface area contributed by atoms with Gasteiger partial charge in [0.1, 0.15) is 0 Å². The molecule has 2 N–H and O–H groups in total. The van der Waals surface area contributed by atoms with E-state index in [4.69, 9.17) is 11.6 Å². The zero-order chi connectivity index (χ0) is 23.3. The minimum Gasteiger partial charge on any atom is -0.465 e. The molecular weight excluding hydrogens is 452 g/mol. The van der Waals surface area contributed by atoms with Crippen LogP contribution in [0.15, 0.2) is 77.7 Å². The van der Waals surface area contributed by atoms with E-state index in [-0.39, 0.29) is 32.8 Å². The number of hydrogen-bond acceptors (Lipinski definition) is 5. The van der Waals surface area contributed by atoms with Crippen LogP contribution in [0.25, 0.3) is 0 Å². The molecule has 0 bridgehead atoms. The quantitative estimate of drug-likeness (QED) is 0.496. The van der Waals surface area contributed by atoms with E-state index in [0.717, 1.165) is 11.6 Å². The molecule has 1 amide bonds. The van der Waals surface area contributed by atoms with Gasteiger partial charge in [0.25, 0.3) is 15.9 Å². The van der Waals surface area contributed by atoms with Gasteiger partial charge in [-0.1, -0.05) is 54.1 Å². The number of amides is 1. The molecule has 0 radical (unpaired) electrons. The number of nitrogens with one attached hydrogen (secondary N) is 2. The van der Waals surface area contributed by atoms with Gasteiger partial charge in [-0.3, -0.25) is 9.52 Å². The predicted octanol–water partition coefficient (Wildman–Crippen LogP) is 4.42. The summed E-state index contributed by atoms with van der Waals surface area (Å²) in [6.07, 6.45) is 0. The number of carbonyl (C=O) groups excluding carboxylic acids is 2. The fraction of sp³-hybridized carbons (Fsp3) is 0.130. The maximum Gasteiger partial charge on any atom is 0.339 e. The molecule has 0 saturated carbocycles. The number of rotatable bonds is 7. The van der Waals surface area contributed by atoms with E-state index in [1.807, 2.05) is 37.3 Å². The number of methoxy groups -OCH3 is 1. The van der Waals surface area contributed by atoms with E-state index >= 15 is 0 Å². The van der Waals surface area contributed by atoms with Gasteiger partial charge in [0, 0.05) is 0 Å². The first-order valence-electron chi connectivity index (χ1n) is 9.58. The van der Waals surface area contributed by atoms with E-state index in [9.17, 15) is 18.0 Å². The average Bonchev–Trinajstić information content (AvgIpc) is 2.79. The molecule has 1 atom stereocenters. The topological polar surface area (TPSA) is 102 Å². The Morgan fingerprint density at radius 1 is 0.938 bits per heavy atom. The average molecular weight is 473 g/mol. The van der Waals surface area contributed by atoms with Gasteiger partial charge in [-0.25, -0.2) is 13.2 Å². The third kappa shape index (κ3) is 5.27. The first-order chi connectivity index (χ1) is 15.2. The molecule has 7 nitrogen and oxygen atoms in total. The van der Waals surface area contributed by atoms with Crippen LogP contribution in [0.1, 0.15) is 39.2 Å². The highest BCUT2D eigenvalue weighted by Crippen LogP contribution is 2.25. The summed E-state index contributed by atoms with van der Waals surface area (Å²) in [4.78, 5) is 24.5. The number of para-hydroxylation sites is 1. The van der Waals surface area contributed by atoms with Gasteiger partial charge in [0.2, 0.25) is 0 Å². The molecular formula is C23H21ClN2O5S. The van der Waals surface area contributed by atoms with Crippen molar-refractivity contribution < 1.29 is 22.7 Å². The zero-order valence-corrected chi connectivity index (χ0v) is 18.9. The summed E-state index contributed by atoms with van der Waals surface area (Å²) in [5.41, 5.74) is 1.08. The van der Waals surface area contributed by atoms with Crippen LogP contribution in [0.2, 0.25) is 5.02 Å². The molecule has 166 valence electrons. The summed E-state index contributed by atoms with van der Waals surface area (Å²) >= 11 is 5.98. The highest BCUT2D eigenvalue weighted by molar-refractivity contribution is 7.92. The van der Waals surface area contributed by atoms with Gasteiger partial charge in [0.05, 0.1) is 39.9 Å². The Labute approximate surface area is 191 Å². The van der Waals surface area contributed by atoms with Crippen LogP contribution >= 0.6 is 11.6 Å². The highest BCUT2D eigenvalue weighted by atomic mass is 35.5. The second-order valence-electron chi connectivity index (χ2n) is 6.89. The van der Waals surface area contributed by atoms with Crippen molar-refractivity contribution in [1.82, 2.24) is 5.32 Å². The number of anilines is 1. The summed E-state index contributed by atoms with van der Waals surface area (Å²) in [6.45, 7) is 1.84. The number of hydrogen-bond donors (Lipinski definition) is 2. The summed E-state index contributed by atoms with van der Waals surface area (Å²) in [6, 6.07) is 19.0. The van der Waals surface area contributed by atoms with Crippen molar-refractivity contribution in [3.05, 3.63) is 94.5 Å². The first kappa shape index (κ1) is 23.3. The SMILES string of the molecule is COC(=O)c1cc(S(=O)(=O)Nc2ccccc2C(=O)N[C@H](C)c2ccccc2)ccc1Cl. The Hall–Kier alpha value is -3.36. The van der Waals surface area contributed by atoms with Crippen LogP contribution in [-0.4, -0.2) is 27.4 Å². The Morgan fingerprint density at radius 3 is 2.28 bits per heavy atom. The van der Waals surface area contributed by atoms with Crippen LogP contribution in [0, 0.1) is 0 Å². The smallest absolute Gasteiger partial charge is 0.339 e. The molecule has 0 unspecified atom stereocenters. The fourth-order valence-corrected chi connectivity index (χ4v) is 4.31.